The highest BCUT2D eigenvalue weighted by Crippen LogP contribution is 2.27. The molecule has 3 N–H and O–H groups in total. The van der Waals surface area contributed by atoms with Crippen LogP contribution >= 0.6 is 0 Å². The number of hydrogen-bond donors (Lipinski definition) is 2. The van der Waals surface area contributed by atoms with E-state index in [9.17, 15) is 18.5 Å². The SMILES string of the molecule is CC(=NNc1ccc(S(N)(=O)=O)cc1[N+](=O)[O-])c1ccccc1. The minimum Gasteiger partial charge on any atom is -0.271 e. The summed E-state index contributed by atoms with van der Waals surface area (Å²) < 4.78 is 22.6. The van der Waals surface area contributed by atoms with Crippen molar-refractivity contribution >= 4 is 27.1 Å². The molecule has 0 bridgehead atoms. The molecule has 0 aliphatic rings. The molecule has 0 spiro atoms. The molecule has 0 fully saturated rings. The fraction of sp³-hybridized carbons (Fsp3) is 0.0714. The Labute approximate surface area is 132 Å². The van der Waals surface area contributed by atoms with Crippen LogP contribution in [0.1, 0.15) is 12.5 Å². The van der Waals surface area contributed by atoms with Crippen molar-refractivity contribution in [2.24, 2.45) is 10.2 Å². The average molecular weight is 334 g/mol. The summed E-state index contributed by atoms with van der Waals surface area (Å²) in [5, 5.41) is 20.2. The molecule has 0 aromatic heterocycles. The maximum Gasteiger partial charge on any atom is 0.295 e. The summed E-state index contributed by atoms with van der Waals surface area (Å²) in [5.41, 5.74) is 3.69. The molecule has 0 aliphatic heterocycles. The van der Waals surface area contributed by atoms with Gasteiger partial charge in [-0.15, -0.1) is 0 Å². The number of nitrogens with zero attached hydrogens (tertiary/aromatic N) is 2. The molecule has 120 valence electrons. The number of sulfonamides is 1. The topological polar surface area (TPSA) is 128 Å². The van der Waals surface area contributed by atoms with Crippen molar-refractivity contribution in [1.82, 2.24) is 0 Å². The van der Waals surface area contributed by atoms with Crippen LogP contribution in [-0.2, 0) is 10.0 Å². The molecule has 0 heterocycles. The largest absolute Gasteiger partial charge is 0.295 e. The van der Waals surface area contributed by atoms with Crippen molar-refractivity contribution in [3.8, 4) is 0 Å². The summed E-state index contributed by atoms with van der Waals surface area (Å²) in [4.78, 5) is 10.1. The number of benzene rings is 2. The minimum absolute atomic E-state index is 0.0673. The van der Waals surface area contributed by atoms with Gasteiger partial charge in [0.15, 0.2) is 0 Å². The number of nitrogens with one attached hydrogen (secondary N) is 1. The maximum absolute atomic E-state index is 11.3. The average Bonchev–Trinajstić information content (AvgIpc) is 2.52. The molecule has 8 nitrogen and oxygen atoms in total. The van der Waals surface area contributed by atoms with E-state index in [1.165, 1.54) is 12.1 Å². The molecule has 9 heteroatoms. The van der Waals surface area contributed by atoms with Gasteiger partial charge in [-0.25, -0.2) is 13.6 Å². The van der Waals surface area contributed by atoms with E-state index in [2.05, 4.69) is 10.5 Å². The van der Waals surface area contributed by atoms with E-state index in [-0.39, 0.29) is 10.6 Å². The van der Waals surface area contributed by atoms with Crippen LogP contribution in [0.2, 0.25) is 0 Å². The second-order valence-electron chi connectivity index (χ2n) is 4.66. The van der Waals surface area contributed by atoms with Crippen LogP contribution in [-0.4, -0.2) is 19.1 Å². The van der Waals surface area contributed by atoms with Crippen molar-refractivity contribution in [2.75, 3.05) is 5.43 Å². The first-order valence-electron chi connectivity index (χ1n) is 6.46. The van der Waals surface area contributed by atoms with Gasteiger partial charge in [0.1, 0.15) is 5.69 Å². The Bertz CT molecular complexity index is 864. The first-order chi connectivity index (χ1) is 10.8. The van der Waals surface area contributed by atoms with E-state index in [4.69, 9.17) is 5.14 Å². The zero-order valence-corrected chi connectivity index (χ0v) is 12.9. The third-order valence-corrected chi connectivity index (χ3v) is 3.94. The predicted molar refractivity (Wildman–Crippen MR) is 86.7 cm³/mol. The minimum atomic E-state index is -4.02. The van der Waals surface area contributed by atoms with Gasteiger partial charge in [-0.05, 0) is 24.6 Å². The highest BCUT2D eigenvalue weighted by atomic mass is 32.2. The summed E-state index contributed by atoms with van der Waals surface area (Å²) in [5.74, 6) is 0. The van der Waals surface area contributed by atoms with Crippen LogP contribution in [0, 0.1) is 10.1 Å². The lowest BCUT2D eigenvalue weighted by molar-refractivity contribution is -0.384. The van der Waals surface area contributed by atoms with Crippen LogP contribution in [0.5, 0.6) is 0 Å². The first kappa shape index (κ1) is 16.6. The molecule has 0 radical (unpaired) electrons. The number of rotatable bonds is 5. The molecule has 0 saturated heterocycles. The summed E-state index contributed by atoms with van der Waals surface area (Å²) in [7, 11) is -4.02. The Kier molecular flexibility index (Phi) is 4.72. The normalized spacial score (nSPS) is 12.0. The summed E-state index contributed by atoms with van der Waals surface area (Å²) in [6, 6.07) is 12.6. The van der Waals surface area contributed by atoms with Crippen LogP contribution in [0.4, 0.5) is 11.4 Å². The van der Waals surface area contributed by atoms with Crippen molar-refractivity contribution in [1.29, 1.82) is 0 Å². The van der Waals surface area contributed by atoms with E-state index in [0.29, 0.717) is 5.71 Å². The number of anilines is 1. The predicted octanol–water partition coefficient (Wildman–Crippen LogP) is 2.08. The van der Waals surface area contributed by atoms with Gasteiger partial charge in [0.25, 0.3) is 5.69 Å². The van der Waals surface area contributed by atoms with E-state index in [0.717, 1.165) is 11.6 Å². The molecule has 0 amide bonds. The Morgan fingerprint density at radius 3 is 2.43 bits per heavy atom. The van der Waals surface area contributed by atoms with E-state index < -0.39 is 20.6 Å². The third-order valence-electron chi connectivity index (χ3n) is 3.03. The lowest BCUT2D eigenvalue weighted by Crippen LogP contribution is -2.12. The molecule has 2 rings (SSSR count). The quantitative estimate of drug-likeness (QED) is 0.491. The first-order valence-corrected chi connectivity index (χ1v) is 8.00. The summed E-state index contributed by atoms with van der Waals surface area (Å²) in [6.45, 7) is 1.74. The fourth-order valence-electron chi connectivity index (χ4n) is 1.82. The molecule has 0 saturated carbocycles. The Balaban J connectivity index is 2.35. The zero-order valence-electron chi connectivity index (χ0n) is 12.1. The Morgan fingerprint density at radius 1 is 1.22 bits per heavy atom. The molecule has 23 heavy (non-hydrogen) atoms. The van der Waals surface area contributed by atoms with Crippen molar-refractivity contribution in [2.45, 2.75) is 11.8 Å². The Morgan fingerprint density at radius 2 is 1.87 bits per heavy atom. The maximum atomic E-state index is 11.3. The van der Waals surface area contributed by atoms with Gasteiger partial charge in [0, 0.05) is 6.07 Å². The van der Waals surface area contributed by atoms with Gasteiger partial charge in [-0.1, -0.05) is 30.3 Å². The number of primary sulfonamides is 1. The highest BCUT2D eigenvalue weighted by Gasteiger charge is 2.18. The van der Waals surface area contributed by atoms with Crippen LogP contribution in [0.15, 0.2) is 58.5 Å². The molecule has 0 atom stereocenters. The molecule has 2 aromatic rings. The standard InChI is InChI=1S/C14H14N4O4S/c1-10(11-5-3-2-4-6-11)16-17-13-8-7-12(23(15,21)22)9-14(13)18(19)20/h2-9,17H,1H3,(H2,15,21,22). The molecule has 0 aliphatic carbocycles. The van der Waals surface area contributed by atoms with Crippen molar-refractivity contribution < 1.29 is 13.3 Å². The van der Waals surface area contributed by atoms with Crippen molar-refractivity contribution in [3.05, 3.63) is 64.2 Å². The van der Waals surface area contributed by atoms with E-state index in [1.54, 1.807) is 6.92 Å². The summed E-state index contributed by atoms with van der Waals surface area (Å²) >= 11 is 0. The van der Waals surface area contributed by atoms with Crippen LogP contribution in [0.3, 0.4) is 0 Å². The van der Waals surface area contributed by atoms with E-state index in [1.807, 2.05) is 30.3 Å². The highest BCUT2D eigenvalue weighted by molar-refractivity contribution is 7.89. The van der Waals surface area contributed by atoms with Gasteiger partial charge >= 0.3 is 0 Å². The van der Waals surface area contributed by atoms with Crippen LogP contribution < -0.4 is 10.6 Å². The van der Waals surface area contributed by atoms with Crippen molar-refractivity contribution in [3.63, 3.8) is 0 Å². The monoisotopic (exact) mass is 334 g/mol. The smallest absolute Gasteiger partial charge is 0.271 e. The number of nitrogens with two attached hydrogens (primary N) is 1. The summed E-state index contributed by atoms with van der Waals surface area (Å²) in [6.07, 6.45) is 0. The Hall–Kier alpha value is -2.78. The number of hydrogen-bond acceptors (Lipinski definition) is 6. The third kappa shape index (κ3) is 4.11. The lowest BCUT2D eigenvalue weighted by atomic mass is 10.1. The number of nitro benzene ring substituents is 1. The van der Waals surface area contributed by atoms with Gasteiger partial charge in [0.05, 0.1) is 15.5 Å². The second kappa shape index (κ2) is 6.55. The van der Waals surface area contributed by atoms with Gasteiger partial charge < -0.3 is 0 Å². The molecular weight excluding hydrogens is 320 g/mol. The number of nitro groups is 1. The van der Waals surface area contributed by atoms with Gasteiger partial charge in [-0.2, -0.15) is 5.10 Å². The zero-order chi connectivity index (χ0) is 17.0. The molecular formula is C14H14N4O4S. The van der Waals surface area contributed by atoms with Crippen LogP contribution in [0.25, 0.3) is 0 Å². The number of hydrazone groups is 1. The second-order valence-corrected chi connectivity index (χ2v) is 6.22. The molecule has 0 unspecified atom stereocenters. The van der Waals surface area contributed by atoms with Gasteiger partial charge in [0.2, 0.25) is 10.0 Å². The fourth-order valence-corrected chi connectivity index (χ4v) is 2.36. The lowest BCUT2D eigenvalue weighted by Gasteiger charge is -2.06. The molecule has 2 aromatic carbocycles. The van der Waals surface area contributed by atoms with E-state index >= 15 is 0 Å². The van der Waals surface area contributed by atoms with Gasteiger partial charge in [-0.3, -0.25) is 15.5 Å².